The molecule has 1 amide bonds. The maximum atomic E-state index is 12.9. The first-order valence-corrected chi connectivity index (χ1v) is 11.6. The summed E-state index contributed by atoms with van der Waals surface area (Å²) in [4.78, 5) is 15.2. The lowest BCUT2D eigenvalue weighted by atomic mass is 9.86. The van der Waals surface area contributed by atoms with Gasteiger partial charge in [0.25, 0.3) is 5.91 Å². The van der Waals surface area contributed by atoms with Crippen LogP contribution in [-0.4, -0.2) is 48.8 Å². The van der Waals surface area contributed by atoms with E-state index in [0.29, 0.717) is 25.5 Å². The molecule has 174 valence electrons. The number of carbonyl (C=O) groups is 1. The molecule has 0 bridgehead atoms. The molecule has 6 heteroatoms. The highest BCUT2D eigenvalue weighted by atomic mass is 16.5. The van der Waals surface area contributed by atoms with Crippen LogP contribution in [0.2, 0.25) is 0 Å². The zero-order valence-electron chi connectivity index (χ0n) is 19.9. The fraction of sp³-hybridized carbons (Fsp3) is 0.407. The Hall–Kier alpha value is -2.96. The second-order valence-corrected chi connectivity index (χ2v) is 9.69. The Bertz CT molecular complexity index is 1060. The van der Waals surface area contributed by atoms with Crippen molar-refractivity contribution >= 4 is 5.91 Å². The fourth-order valence-corrected chi connectivity index (χ4v) is 4.07. The summed E-state index contributed by atoms with van der Waals surface area (Å²) in [5.41, 5.74) is 4.93. The molecule has 3 aromatic rings. The van der Waals surface area contributed by atoms with Crippen LogP contribution >= 0.6 is 0 Å². The predicted molar refractivity (Wildman–Crippen MR) is 129 cm³/mol. The van der Waals surface area contributed by atoms with E-state index in [9.17, 15) is 4.79 Å². The van der Waals surface area contributed by atoms with Gasteiger partial charge in [-0.1, -0.05) is 80.0 Å². The molecule has 1 atom stereocenters. The monoisotopic (exact) mass is 447 g/mol. The lowest BCUT2D eigenvalue weighted by molar-refractivity contribution is 0.0162. The highest BCUT2D eigenvalue weighted by Gasteiger charge is 2.25. The summed E-state index contributed by atoms with van der Waals surface area (Å²) < 4.78 is 11.0. The van der Waals surface area contributed by atoms with Gasteiger partial charge in [-0.05, 0) is 23.5 Å². The van der Waals surface area contributed by atoms with E-state index in [1.165, 1.54) is 16.7 Å². The molecule has 0 saturated carbocycles. The van der Waals surface area contributed by atoms with Crippen LogP contribution in [0.4, 0.5) is 0 Å². The molecule has 1 fully saturated rings. The quantitative estimate of drug-likeness (QED) is 0.591. The molecular weight excluding hydrogens is 414 g/mol. The van der Waals surface area contributed by atoms with Crippen LogP contribution in [0.5, 0.6) is 0 Å². The molecule has 6 nitrogen and oxygen atoms in total. The van der Waals surface area contributed by atoms with Gasteiger partial charge in [0.15, 0.2) is 11.5 Å². The summed E-state index contributed by atoms with van der Waals surface area (Å²) in [6, 6.07) is 18.5. The standard InChI is InChI=1S/C27H33N3O3/c1-19-5-7-21(8-6-19)25-17-23(29-33-25)26(31)28-18-24(30-13-15-32-16-14-30)20-9-11-22(12-10-20)27(2,3)4/h5-12,17,24H,13-16,18H2,1-4H3,(H,28,31). The van der Waals surface area contributed by atoms with Crippen molar-refractivity contribution < 1.29 is 14.1 Å². The summed E-state index contributed by atoms with van der Waals surface area (Å²) in [5, 5.41) is 7.07. The minimum Gasteiger partial charge on any atom is -0.379 e. The molecule has 0 spiro atoms. The molecule has 1 N–H and O–H groups in total. The second-order valence-electron chi connectivity index (χ2n) is 9.69. The highest BCUT2D eigenvalue weighted by Crippen LogP contribution is 2.27. The van der Waals surface area contributed by atoms with Crippen molar-refractivity contribution in [2.45, 2.75) is 39.2 Å². The Morgan fingerprint density at radius 2 is 1.73 bits per heavy atom. The van der Waals surface area contributed by atoms with Crippen molar-refractivity contribution in [3.05, 3.63) is 77.0 Å². The van der Waals surface area contributed by atoms with Gasteiger partial charge in [-0.15, -0.1) is 0 Å². The van der Waals surface area contributed by atoms with E-state index >= 15 is 0 Å². The van der Waals surface area contributed by atoms with Crippen molar-refractivity contribution in [2.24, 2.45) is 0 Å². The van der Waals surface area contributed by atoms with Crippen LogP contribution in [0.15, 0.2) is 59.1 Å². The number of morpholine rings is 1. The molecule has 2 aromatic carbocycles. The SMILES string of the molecule is Cc1ccc(-c2cc(C(=O)NCC(c3ccc(C(C)(C)C)cc3)N3CCOCC3)no2)cc1. The predicted octanol–water partition coefficient (Wildman–Crippen LogP) is 4.75. The Morgan fingerprint density at radius 1 is 1.06 bits per heavy atom. The molecule has 1 aliphatic heterocycles. The van der Waals surface area contributed by atoms with Crippen LogP contribution in [0.1, 0.15) is 54.0 Å². The van der Waals surface area contributed by atoms with Gasteiger partial charge >= 0.3 is 0 Å². The van der Waals surface area contributed by atoms with E-state index in [4.69, 9.17) is 9.26 Å². The topological polar surface area (TPSA) is 67.6 Å². The molecule has 1 unspecified atom stereocenters. The molecule has 2 heterocycles. The summed E-state index contributed by atoms with van der Waals surface area (Å²) in [5.74, 6) is 0.351. The third-order valence-electron chi connectivity index (χ3n) is 6.18. The number of amides is 1. The van der Waals surface area contributed by atoms with E-state index in [1.54, 1.807) is 6.07 Å². The maximum absolute atomic E-state index is 12.9. The van der Waals surface area contributed by atoms with Crippen LogP contribution < -0.4 is 5.32 Å². The van der Waals surface area contributed by atoms with Crippen LogP contribution in [-0.2, 0) is 10.2 Å². The Kier molecular flexibility index (Phi) is 6.96. The van der Waals surface area contributed by atoms with Gasteiger partial charge in [0.05, 0.1) is 19.3 Å². The molecule has 1 aromatic heterocycles. The molecule has 4 rings (SSSR count). The Labute approximate surface area is 195 Å². The number of hydrogen-bond acceptors (Lipinski definition) is 5. The number of nitrogens with zero attached hydrogens (tertiary/aromatic N) is 2. The van der Waals surface area contributed by atoms with Crippen LogP contribution in [0, 0.1) is 6.92 Å². The first-order chi connectivity index (χ1) is 15.8. The average Bonchev–Trinajstić information content (AvgIpc) is 3.30. The zero-order valence-corrected chi connectivity index (χ0v) is 19.9. The summed E-state index contributed by atoms with van der Waals surface area (Å²) in [7, 11) is 0. The van der Waals surface area contributed by atoms with E-state index < -0.39 is 0 Å². The van der Waals surface area contributed by atoms with E-state index in [-0.39, 0.29) is 23.1 Å². The fourth-order valence-electron chi connectivity index (χ4n) is 4.07. The first kappa shape index (κ1) is 23.2. The van der Waals surface area contributed by atoms with Crippen molar-refractivity contribution in [1.82, 2.24) is 15.4 Å². The second kappa shape index (κ2) is 9.89. The number of rotatable bonds is 6. The molecular formula is C27H33N3O3. The molecule has 33 heavy (non-hydrogen) atoms. The number of hydrogen-bond donors (Lipinski definition) is 1. The normalized spacial score (nSPS) is 15.9. The van der Waals surface area contributed by atoms with E-state index in [0.717, 1.165) is 18.7 Å². The van der Waals surface area contributed by atoms with E-state index in [1.807, 2.05) is 31.2 Å². The van der Waals surface area contributed by atoms with Gasteiger partial charge in [-0.3, -0.25) is 9.69 Å². The maximum Gasteiger partial charge on any atom is 0.273 e. The number of nitrogens with one attached hydrogen (secondary N) is 1. The molecule has 1 aliphatic rings. The number of aromatic nitrogens is 1. The van der Waals surface area contributed by atoms with Crippen molar-refractivity contribution in [2.75, 3.05) is 32.8 Å². The van der Waals surface area contributed by atoms with Crippen molar-refractivity contribution in [1.29, 1.82) is 0 Å². The average molecular weight is 448 g/mol. The smallest absolute Gasteiger partial charge is 0.273 e. The Balaban J connectivity index is 1.47. The Morgan fingerprint density at radius 3 is 2.36 bits per heavy atom. The highest BCUT2D eigenvalue weighted by molar-refractivity contribution is 5.93. The van der Waals surface area contributed by atoms with Gasteiger partial charge in [0, 0.05) is 31.3 Å². The van der Waals surface area contributed by atoms with Crippen molar-refractivity contribution in [3.8, 4) is 11.3 Å². The minimum atomic E-state index is -0.235. The summed E-state index contributed by atoms with van der Waals surface area (Å²) in [6.07, 6.45) is 0. The van der Waals surface area contributed by atoms with E-state index in [2.05, 4.69) is 60.4 Å². The first-order valence-electron chi connectivity index (χ1n) is 11.6. The van der Waals surface area contributed by atoms with Crippen molar-refractivity contribution in [3.63, 3.8) is 0 Å². The van der Waals surface area contributed by atoms with Gasteiger partial charge in [-0.25, -0.2) is 0 Å². The lowest BCUT2D eigenvalue weighted by Crippen LogP contribution is -2.43. The third-order valence-corrected chi connectivity index (χ3v) is 6.18. The van der Waals surface area contributed by atoms with Gasteiger partial charge in [-0.2, -0.15) is 0 Å². The van der Waals surface area contributed by atoms with Crippen LogP contribution in [0.25, 0.3) is 11.3 Å². The number of benzene rings is 2. The van der Waals surface area contributed by atoms with Gasteiger partial charge < -0.3 is 14.6 Å². The van der Waals surface area contributed by atoms with Gasteiger partial charge in [0.2, 0.25) is 0 Å². The summed E-state index contributed by atoms with van der Waals surface area (Å²) in [6.45, 7) is 12.2. The number of carbonyl (C=O) groups excluding carboxylic acids is 1. The summed E-state index contributed by atoms with van der Waals surface area (Å²) >= 11 is 0. The largest absolute Gasteiger partial charge is 0.379 e. The van der Waals surface area contributed by atoms with Gasteiger partial charge in [0.1, 0.15) is 0 Å². The third kappa shape index (κ3) is 5.70. The zero-order chi connectivity index (χ0) is 23.4. The number of ether oxygens (including phenoxy) is 1. The van der Waals surface area contributed by atoms with Crippen LogP contribution in [0.3, 0.4) is 0 Å². The molecule has 0 aliphatic carbocycles. The lowest BCUT2D eigenvalue weighted by Gasteiger charge is -2.35. The molecule has 0 radical (unpaired) electrons. The molecule has 1 saturated heterocycles. The number of aryl methyl sites for hydroxylation is 1. The minimum absolute atomic E-state index is 0.0651.